The molecule has 2 aliphatic heterocycles. The lowest BCUT2D eigenvalue weighted by Gasteiger charge is -2.34. The van der Waals surface area contributed by atoms with Crippen molar-refractivity contribution in [1.82, 2.24) is 19.8 Å². The summed E-state index contributed by atoms with van der Waals surface area (Å²) in [4.78, 5) is 26.5. The molecule has 0 unspecified atom stereocenters. The topological polar surface area (TPSA) is 95.1 Å². The summed E-state index contributed by atoms with van der Waals surface area (Å²) in [7, 11) is 3.69. The van der Waals surface area contributed by atoms with Crippen LogP contribution < -0.4 is 15.5 Å². The number of anilines is 4. The molecule has 1 amide bonds. The molecule has 1 aromatic heterocycles. The maximum absolute atomic E-state index is 13.7. The van der Waals surface area contributed by atoms with Gasteiger partial charge in [0.1, 0.15) is 11.4 Å². The number of hydrogen-bond donors (Lipinski definition) is 2. The number of carbonyl (C=O) groups is 1. The maximum atomic E-state index is 13.7. The van der Waals surface area contributed by atoms with Gasteiger partial charge in [0.25, 0.3) is 0 Å². The molecular weight excluding hydrogens is 515 g/mol. The summed E-state index contributed by atoms with van der Waals surface area (Å²) in [6, 6.07) is 5.87. The van der Waals surface area contributed by atoms with E-state index >= 15 is 0 Å². The van der Waals surface area contributed by atoms with Gasteiger partial charge in [0, 0.05) is 76.1 Å². The Bertz CT molecular complexity index is 1110. The number of aromatic nitrogens is 2. The van der Waals surface area contributed by atoms with E-state index in [1.807, 2.05) is 18.2 Å². The van der Waals surface area contributed by atoms with Crippen molar-refractivity contribution in [2.75, 3.05) is 88.7 Å². The Morgan fingerprint density at radius 1 is 1.13 bits per heavy atom. The van der Waals surface area contributed by atoms with Crippen molar-refractivity contribution in [1.29, 1.82) is 0 Å². The number of benzene rings is 1. The first kappa shape index (κ1) is 28.8. The molecule has 4 rings (SSSR count). The van der Waals surface area contributed by atoms with Crippen molar-refractivity contribution in [2.24, 2.45) is 0 Å². The average molecular weight is 552 g/mol. The largest absolute Gasteiger partial charge is 0.421 e. The Balaban J connectivity index is 1.46. The minimum atomic E-state index is -4.62. The van der Waals surface area contributed by atoms with Crippen LogP contribution in [-0.2, 0) is 27.1 Å². The van der Waals surface area contributed by atoms with Gasteiger partial charge in [0.2, 0.25) is 11.9 Å². The Morgan fingerprint density at radius 3 is 2.67 bits per heavy atom. The van der Waals surface area contributed by atoms with Crippen LogP contribution in [0.2, 0.25) is 0 Å². The fourth-order valence-corrected chi connectivity index (χ4v) is 4.58. The fourth-order valence-electron chi connectivity index (χ4n) is 4.58. The number of halogens is 3. The quantitative estimate of drug-likeness (QED) is 0.432. The molecule has 2 saturated heterocycles. The number of piperazine rings is 1. The second-order valence-corrected chi connectivity index (χ2v) is 9.67. The molecule has 2 N–H and O–H groups in total. The van der Waals surface area contributed by atoms with E-state index in [0.29, 0.717) is 51.4 Å². The van der Waals surface area contributed by atoms with Crippen LogP contribution in [0, 0.1) is 0 Å². The van der Waals surface area contributed by atoms with Crippen LogP contribution >= 0.6 is 0 Å². The number of likely N-dealkylation sites (N-methyl/N-ethyl adjacent to an activating group) is 1. The van der Waals surface area contributed by atoms with Crippen LogP contribution in [0.5, 0.6) is 0 Å². The Morgan fingerprint density at radius 2 is 1.92 bits per heavy atom. The van der Waals surface area contributed by atoms with Gasteiger partial charge in [0.05, 0.1) is 26.2 Å². The summed E-state index contributed by atoms with van der Waals surface area (Å²) < 4.78 is 51.7. The summed E-state index contributed by atoms with van der Waals surface area (Å²) in [5.41, 5.74) is 1.61. The molecule has 0 radical (unpaired) electrons. The zero-order valence-corrected chi connectivity index (χ0v) is 22.4. The van der Waals surface area contributed by atoms with E-state index in [1.165, 1.54) is 0 Å². The zero-order valence-electron chi connectivity index (χ0n) is 22.4. The highest BCUT2D eigenvalue weighted by atomic mass is 19.4. The van der Waals surface area contributed by atoms with E-state index in [1.54, 1.807) is 12.0 Å². The van der Waals surface area contributed by atoms with Crippen LogP contribution in [0.3, 0.4) is 0 Å². The van der Waals surface area contributed by atoms with E-state index in [9.17, 15) is 18.0 Å². The number of rotatable bonds is 10. The number of methoxy groups -OCH3 is 1. The van der Waals surface area contributed by atoms with Gasteiger partial charge in [-0.3, -0.25) is 4.79 Å². The molecule has 0 bridgehead atoms. The summed E-state index contributed by atoms with van der Waals surface area (Å²) in [5.74, 6) is -0.287. The molecule has 0 saturated carbocycles. The van der Waals surface area contributed by atoms with Crippen LogP contribution in [0.1, 0.15) is 24.0 Å². The molecule has 0 atom stereocenters. The van der Waals surface area contributed by atoms with E-state index < -0.39 is 11.7 Å². The minimum absolute atomic E-state index is 0.0116. The number of amides is 1. The highest BCUT2D eigenvalue weighted by molar-refractivity contribution is 5.76. The molecule has 3 heterocycles. The van der Waals surface area contributed by atoms with Crippen LogP contribution in [0.25, 0.3) is 0 Å². The van der Waals surface area contributed by atoms with Crippen LogP contribution in [0.4, 0.5) is 36.3 Å². The molecule has 2 fully saturated rings. The highest BCUT2D eigenvalue weighted by Gasteiger charge is 2.35. The Labute approximate surface area is 226 Å². The van der Waals surface area contributed by atoms with E-state index in [4.69, 9.17) is 9.47 Å². The summed E-state index contributed by atoms with van der Waals surface area (Å²) in [6.07, 6.45) is -3.07. The lowest BCUT2D eigenvalue weighted by molar-refractivity contribution is -0.137. The predicted molar refractivity (Wildman–Crippen MR) is 142 cm³/mol. The van der Waals surface area contributed by atoms with Crippen molar-refractivity contribution in [3.63, 3.8) is 0 Å². The third kappa shape index (κ3) is 7.93. The van der Waals surface area contributed by atoms with Gasteiger partial charge in [-0.15, -0.1) is 0 Å². The lowest BCUT2D eigenvalue weighted by Crippen LogP contribution is -2.44. The minimum Gasteiger partial charge on any atom is -0.380 e. The monoisotopic (exact) mass is 551 g/mol. The molecular formula is C26H36F3N7O3. The maximum Gasteiger partial charge on any atom is 0.421 e. The third-order valence-electron chi connectivity index (χ3n) is 6.81. The SMILES string of the molecule is COCc1cc(N2CCN(C)CC2)ccc1Nc1ncc(C(F)(F)F)c(NCCCN2CCOCCC2=O)n1. The number of ether oxygens (including phenoxy) is 2. The van der Waals surface area contributed by atoms with Crippen molar-refractivity contribution in [3.05, 3.63) is 35.5 Å². The molecule has 0 aliphatic carbocycles. The first-order valence-electron chi connectivity index (χ1n) is 13.1. The van der Waals surface area contributed by atoms with E-state index in [-0.39, 0.29) is 24.2 Å². The Hall–Kier alpha value is -3.16. The third-order valence-corrected chi connectivity index (χ3v) is 6.81. The molecule has 2 aliphatic rings. The van der Waals surface area contributed by atoms with E-state index in [2.05, 4.69) is 37.4 Å². The number of alkyl halides is 3. The normalized spacial score (nSPS) is 17.3. The second kappa shape index (κ2) is 13.3. The van der Waals surface area contributed by atoms with Gasteiger partial charge < -0.3 is 34.8 Å². The number of hydrogen-bond acceptors (Lipinski definition) is 9. The van der Waals surface area contributed by atoms with Gasteiger partial charge in [-0.25, -0.2) is 4.98 Å². The predicted octanol–water partition coefficient (Wildman–Crippen LogP) is 3.19. The number of carbonyl (C=O) groups excluding carboxylic acids is 1. The average Bonchev–Trinajstić information content (AvgIpc) is 3.11. The smallest absolute Gasteiger partial charge is 0.380 e. The summed E-state index contributed by atoms with van der Waals surface area (Å²) in [6.45, 7) is 6.03. The number of nitrogens with one attached hydrogen (secondary N) is 2. The Kier molecular flexibility index (Phi) is 9.81. The molecule has 1 aromatic carbocycles. The molecule has 214 valence electrons. The zero-order chi connectivity index (χ0) is 27.8. The van der Waals surface area contributed by atoms with Crippen molar-refractivity contribution in [2.45, 2.75) is 25.6 Å². The molecule has 10 nitrogen and oxygen atoms in total. The van der Waals surface area contributed by atoms with Gasteiger partial charge >= 0.3 is 6.18 Å². The first-order chi connectivity index (χ1) is 18.7. The van der Waals surface area contributed by atoms with E-state index in [0.717, 1.165) is 43.6 Å². The molecule has 0 spiro atoms. The number of nitrogens with zero attached hydrogens (tertiary/aromatic N) is 5. The van der Waals surface area contributed by atoms with Crippen LogP contribution in [0.15, 0.2) is 24.4 Å². The van der Waals surface area contributed by atoms with Gasteiger partial charge in [-0.1, -0.05) is 0 Å². The summed E-state index contributed by atoms with van der Waals surface area (Å²) >= 11 is 0. The summed E-state index contributed by atoms with van der Waals surface area (Å²) in [5, 5.41) is 5.86. The lowest BCUT2D eigenvalue weighted by atomic mass is 10.1. The second-order valence-electron chi connectivity index (χ2n) is 9.67. The first-order valence-corrected chi connectivity index (χ1v) is 13.1. The van der Waals surface area contributed by atoms with Crippen LogP contribution in [-0.4, -0.2) is 98.9 Å². The standard InChI is InChI=1S/C26H36F3N7O3/c1-34-9-11-35(12-10-34)20-4-5-22(19(16-20)18-38-2)32-25-31-17-21(26(27,28)29)24(33-25)30-7-3-8-36-13-15-39-14-6-23(36)37/h4-5,16-17H,3,6-15,18H2,1-2H3,(H2,30,31,32,33). The van der Waals surface area contributed by atoms with Gasteiger partial charge in [-0.05, 0) is 31.7 Å². The molecule has 39 heavy (non-hydrogen) atoms. The van der Waals surface area contributed by atoms with Gasteiger partial charge in [0.15, 0.2) is 0 Å². The van der Waals surface area contributed by atoms with Crippen molar-refractivity contribution >= 4 is 29.0 Å². The van der Waals surface area contributed by atoms with Crippen molar-refractivity contribution < 1.29 is 27.4 Å². The van der Waals surface area contributed by atoms with Gasteiger partial charge in [-0.2, -0.15) is 18.2 Å². The molecule has 2 aromatic rings. The molecule has 13 heteroatoms. The fraction of sp³-hybridized carbons (Fsp3) is 0.577. The van der Waals surface area contributed by atoms with Crippen molar-refractivity contribution in [3.8, 4) is 0 Å². The highest BCUT2D eigenvalue weighted by Crippen LogP contribution is 2.34.